The van der Waals surface area contributed by atoms with E-state index >= 15 is 0 Å². The number of benzene rings is 1. The van der Waals surface area contributed by atoms with Crippen LogP contribution in [0.2, 0.25) is 0 Å². The summed E-state index contributed by atoms with van der Waals surface area (Å²) in [6.07, 6.45) is 2.64. The second-order valence-electron chi connectivity index (χ2n) is 8.72. The van der Waals surface area contributed by atoms with E-state index in [1.807, 2.05) is 62.1 Å². The standard InChI is InChI=1S/C22H31FN3O3P/c1-22(2,3)29-21(28)26-11-9-25(10-12-26)19(20(24)27)13-18(17-14-30(23)15-17)16-7-5-4-6-8-16/h4-8,13,17,27H,9-12,14-15,24H2,1-3H3/b18-13-,20-19-. The van der Waals surface area contributed by atoms with Gasteiger partial charge in [0, 0.05) is 38.5 Å². The van der Waals surface area contributed by atoms with Crippen LogP contribution in [-0.2, 0) is 4.74 Å². The molecular formula is C22H31FN3O3P. The number of carbonyl (C=O) groups is 1. The lowest BCUT2D eigenvalue weighted by Gasteiger charge is -2.38. The zero-order valence-electron chi connectivity index (χ0n) is 17.8. The molecule has 1 aromatic carbocycles. The molecule has 0 radical (unpaired) electrons. The number of hydrogen-bond donors (Lipinski definition) is 2. The van der Waals surface area contributed by atoms with Crippen LogP contribution in [0, 0.1) is 5.92 Å². The minimum Gasteiger partial charge on any atom is -0.493 e. The van der Waals surface area contributed by atoms with E-state index in [-0.39, 0.29) is 17.9 Å². The van der Waals surface area contributed by atoms with Crippen LogP contribution in [0.4, 0.5) is 8.99 Å². The lowest BCUT2D eigenvalue weighted by molar-refractivity contribution is 0.0169. The summed E-state index contributed by atoms with van der Waals surface area (Å²) in [4.78, 5) is 15.9. The number of aliphatic hydroxyl groups is 1. The average Bonchev–Trinajstić information content (AvgIpc) is 2.66. The highest BCUT2D eigenvalue weighted by molar-refractivity contribution is 7.53. The summed E-state index contributed by atoms with van der Waals surface area (Å²) < 4.78 is 19.1. The van der Waals surface area contributed by atoms with E-state index in [4.69, 9.17) is 10.5 Å². The molecule has 2 fully saturated rings. The summed E-state index contributed by atoms with van der Waals surface area (Å²) in [6, 6.07) is 9.83. The number of amides is 1. The molecule has 0 atom stereocenters. The van der Waals surface area contributed by atoms with Crippen LogP contribution >= 0.6 is 8.23 Å². The number of carbonyl (C=O) groups excluding carboxylic acids is 1. The highest BCUT2D eigenvalue weighted by Gasteiger charge is 2.34. The zero-order valence-corrected chi connectivity index (χ0v) is 18.7. The maximum absolute atomic E-state index is 13.6. The molecule has 164 valence electrons. The molecule has 0 bridgehead atoms. The first-order valence-electron chi connectivity index (χ1n) is 10.2. The van der Waals surface area contributed by atoms with Crippen LogP contribution < -0.4 is 5.73 Å². The third-order valence-electron chi connectivity index (χ3n) is 5.21. The fourth-order valence-corrected chi connectivity index (χ4v) is 4.86. The van der Waals surface area contributed by atoms with Crippen molar-refractivity contribution < 1.29 is 18.8 Å². The van der Waals surface area contributed by atoms with Gasteiger partial charge >= 0.3 is 6.09 Å². The molecule has 1 amide bonds. The first-order valence-corrected chi connectivity index (χ1v) is 11.8. The lowest BCUT2D eigenvalue weighted by Crippen LogP contribution is -2.49. The van der Waals surface area contributed by atoms with Crippen LogP contribution in [0.1, 0.15) is 26.3 Å². The fraction of sp³-hybridized carbons (Fsp3) is 0.500. The van der Waals surface area contributed by atoms with Crippen molar-refractivity contribution in [3.05, 3.63) is 53.6 Å². The SMILES string of the molecule is CC(C)(C)OC(=O)N1CCN(C(/C=C(/c2ccccc2)C2CP(F)C2)=C(/N)O)CC1. The van der Waals surface area contributed by atoms with Gasteiger partial charge in [-0.25, -0.2) is 8.99 Å². The Balaban J connectivity index is 1.76. The van der Waals surface area contributed by atoms with Gasteiger partial charge in [0.25, 0.3) is 0 Å². The van der Waals surface area contributed by atoms with Gasteiger partial charge in [-0.15, -0.1) is 0 Å². The lowest BCUT2D eigenvalue weighted by atomic mass is 9.93. The Labute approximate surface area is 179 Å². The molecular weight excluding hydrogens is 404 g/mol. The van der Waals surface area contributed by atoms with Crippen molar-refractivity contribution >= 4 is 19.9 Å². The second-order valence-corrected chi connectivity index (χ2v) is 10.4. The average molecular weight is 435 g/mol. The zero-order chi connectivity index (χ0) is 21.9. The number of halogens is 1. The topological polar surface area (TPSA) is 79.0 Å². The number of allylic oxidation sites excluding steroid dienone is 2. The molecule has 1 aromatic rings. The van der Waals surface area contributed by atoms with Crippen LogP contribution in [-0.4, -0.2) is 65.1 Å². The molecule has 0 spiro atoms. The number of piperazine rings is 1. The van der Waals surface area contributed by atoms with E-state index in [1.165, 1.54) is 0 Å². The summed E-state index contributed by atoms with van der Waals surface area (Å²) in [5, 5.41) is 10.2. The molecule has 2 aliphatic heterocycles. The Morgan fingerprint density at radius 2 is 1.73 bits per heavy atom. The molecule has 3 rings (SSSR count). The number of rotatable bonds is 4. The first-order chi connectivity index (χ1) is 14.1. The Hall–Kier alpha value is -2.27. The van der Waals surface area contributed by atoms with Crippen LogP contribution in [0.25, 0.3) is 5.57 Å². The van der Waals surface area contributed by atoms with Crippen LogP contribution in [0.5, 0.6) is 0 Å². The monoisotopic (exact) mass is 435 g/mol. The molecule has 30 heavy (non-hydrogen) atoms. The minimum absolute atomic E-state index is 0.126. The van der Waals surface area contributed by atoms with Crippen molar-refractivity contribution in [2.75, 3.05) is 38.5 Å². The van der Waals surface area contributed by atoms with E-state index in [1.54, 1.807) is 4.90 Å². The molecule has 2 saturated heterocycles. The van der Waals surface area contributed by atoms with E-state index < -0.39 is 13.8 Å². The van der Waals surface area contributed by atoms with Crippen molar-refractivity contribution in [2.45, 2.75) is 26.4 Å². The van der Waals surface area contributed by atoms with Crippen LogP contribution in [0.15, 0.2) is 48.0 Å². The summed E-state index contributed by atoms with van der Waals surface area (Å²) >= 11 is 0. The minimum atomic E-state index is -1.38. The molecule has 2 aliphatic rings. The van der Waals surface area contributed by atoms with Gasteiger partial charge in [-0.3, -0.25) is 0 Å². The normalized spacial score (nSPS) is 23.5. The van der Waals surface area contributed by atoms with E-state index in [2.05, 4.69) is 0 Å². The molecule has 0 aromatic heterocycles. The third-order valence-corrected chi connectivity index (χ3v) is 6.88. The number of ether oxygens (including phenoxy) is 1. The largest absolute Gasteiger partial charge is 0.493 e. The molecule has 3 N–H and O–H groups in total. The predicted octanol–water partition coefficient (Wildman–Crippen LogP) is 4.30. The molecule has 0 aliphatic carbocycles. The van der Waals surface area contributed by atoms with Crippen molar-refractivity contribution in [2.24, 2.45) is 11.7 Å². The smallest absolute Gasteiger partial charge is 0.410 e. The Bertz CT molecular complexity index is 805. The molecule has 0 unspecified atom stereocenters. The van der Waals surface area contributed by atoms with Crippen molar-refractivity contribution in [1.29, 1.82) is 0 Å². The first kappa shape index (κ1) is 22.4. The second kappa shape index (κ2) is 9.25. The summed E-state index contributed by atoms with van der Waals surface area (Å²) in [7, 11) is -1.38. The van der Waals surface area contributed by atoms with Gasteiger partial charge in [0.2, 0.25) is 5.88 Å². The molecule has 8 heteroatoms. The number of nitrogens with zero attached hydrogens (tertiary/aromatic N) is 2. The molecule has 2 heterocycles. The van der Waals surface area contributed by atoms with Gasteiger partial charge in [-0.2, -0.15) is 0 Å². The van der Waals surface area contributed by atoms with Gasteiger partial charge in [-0.1, -0.05) is 30.3 Å². The molecule has 0 saturated carbocycles. The van der Waals surface area contributed by atoms with Gasteiger partial charge in [-0.05, 0) is 43.9 Å². The Morgan fingerprint density at radius 3 is 2.23 bits per heavy atom. The fourth-order valence-electron chi connectivity index (χ4n) is 3.62. The Morgan fingerprint density at radius 1 is 1.17 bits per heavy atom. The van der Waals surface area contributed by atoms with Crippen molar-refractivity contribution in [1.82, 2.24) is 9.80 Å². The highest BCUT2D eigenvalue weighted by Crippen LogP contribution is 2.55. The number of hydrogen-bond acceptors (Lipinski definition) is 5. The maximum Gasteiger partial charge on any atom is 0.410 e. The number of nitrogens with two attached hydrogens (primary N) is 1. The van der Waals surface area contributed by atoms with Crippen molar-refractivity contribution in [3.63, 3.8) is 0 Å². The van der Waals surface area contributed by atoms with Gasteiger partial charge in [0.05, 0.1) is 13.9 Å². The maximum atomic E-state index is 13.6. The third kappa shape index (κ3) is 5.66. The quantitative estimate of drug-likeness (QED) is 0.419. The van der Waals surface area contributed by atoms with Gasteiger partial charge in [0.1, 0.15) is 5.60 Å². The van der Waals surface area contributed by atoms with Gasteiger partial charge < -0.3 is 25.4 Å². The highest BCUT2D eigenvalue weighted by atomic mass is 31.2. The van der Waals surface area contributed by atoms with E-state index in [0.717, 1.165) is 11.1 Å². The van der Waals surface area contributed by atoms with E-state index in [9.17, 15) is 14.1 Å². The predicted molar refractivity (Wildman–Crippen MR) is 119 cm³/mol. The van der Waals surface area contributed by atoms with Crippen LogP contribution in [0.3, 0.4) is 0 Å². The number of aliphatic hydroxyl groups excluding tert-OH is 1. The summed E-state index contributed by atoms with van der Waals surface area (Å²) in [5.74, 6) is -0.142. The summed E-state index contributed by atoms with van der Waals surface area (Å²) in [5.41, 5.74) is 7.82. The summed E-state index contributed by atoms with van der Waals surface area (Å²) in [6.45, 7) is 7.51. The van der Waals surface area contributed by atoms with E-state index in [0.29, 0.717) is 44.2 Å². The van der Waals surface area contributed by atoms with Crippen molar-refractivity contribution in [3.8, 4) is 0 Å². The van der Waals surface area contributed by atoms with Gasteiger partial charge in [0.15, 0.2) is 0 Å². The Kier molecular flexibility index (Phi) is 6.91. The molecule has 6 nitrogen and oxygen atoms in total.